The van der Waals surface area contributed by atoms with E-state index >= 15 is 0 Å². The molecule has 1 fully saturated rings. The number of piperidine rings is 1. The van der Waals surface area contributed by atoms with E-state index < -0.39 is 10.0 Å². The number of carbonyl (C=O) groups is 1. The molecule has 1 aromatic rings. The molecular weight excluding hydrogens is 296 g/mol. The Morgan fingerprint density at radius 3 is 2.60 bits per heavy atom. The zero-order valence-electron chi connectivity index (χ0n) is 11.8. The van der Waals surface area contributed by atoms with Crippen molar-refractivity contribution in [1.82, 2.24) is 9.21 Å². The normalized spacial score (nSPS) is 18.1. The fourth-order valence-electron chi connectivity index (χ4n) is 2.48. The highest BCUT2D eigenvalue weighted by atomic mass is 32.2. The van der Waals surface area contributed by atoms with Crippen LogP contribution in [0, 0.1) is 5.92 Å². The van der Waals surface area contributed by atoms with Gasteiger partial charge in [-0.3, -0.25) is 4.79 Å². The molecule has 0 atom stereocenters. The zero-order valence-corrected chi connectivity index (χ0v) is 13.4. The number of carbonyl (C=O) groups excluding carboxylic acids is 1. The zero-order chi connectivity index (χ0) is 14.8. The van der Waals surface area contributed by atoms with Crippen LogP contribution in [-0.4, -0.2) is 49.9 Å². The van der Waals surface area contributed by atoms with Gasteiger partial charge in [-0.1, -0.05) is 0 Å². The minimum atomic E-state index is -3.13. The molecule has 0 spiro atoms. The molecular formula is C13H20N2O3S2. The number of rotatable bonds is 4. The quantitative estimate of drug-likeness (QED) is 0.843. The van der Waals surface area contributed by atoms with Crippen LogP contribution in [0.3, 0.4) is 0 Å². The molecule has 0 saturated carbocycles. The van der Waals surface area contributed by atoms with Crippen molar-refractivity contribution >= 4 is 27.3 Å². The summed E-state index contributed by atoms with van der Waals surface area (Å²) < 4.78 is 24.3. The second-order valence-electron chi connectivity index (χ2n) is 5.26. The van der Waals surface area contributed by atoms with Gasteiger partial charge in [-0.25, -0.2) is 12.7 Å². The number of hydrogen-bond donors (Lipinski definition) is 0. The Bertz CT molecular complexity index is 546. The van der Waals surface area contributed by atoms with Gasteiger partial charge in [0.2, 0.25) is 15.9 Å². The molecule has 2 heterocycles. The van der Waals surface area contributed by atoms with E-state index in [-0.39, 0.29) is 11.8 Å². The maximum absolute atomic E-state index is 12.3. The van der Waals surface area contributed by atoms with Gasteiger partial charge in [0.1, 0.15) is 0 Å². The fraction of sp³-hybridized carbons (Fsp3) is 0.615. The standard InChI is InChI=1S/C13H20N2O3S2/c1-14(9-11-5-8-19-10-11)13(16)12-3-6-15(7-4-12)20(2,17)18/h5,8,10,12H,3-4,6-7,9H2,1-2H3. The van der Waals surface area contributed by atoms with Gasteiger partial charge in [-0.2, -0.15) is 11.3 Å². The summed E-state index contributed by atoms with van der Waals surface area (Å²) >= 11 is 1.62. The van der Waals surface area contributed by atoms with Gasteiger partial charge < -0.3 is 4.90 Å². The monoisotopic (exact) mass is 316 g/mol. The van der Waals surface area contributed by atoms with Gasteiger partial charge in [0, 0.05) is 32.6 Å². The number of nitrogens with zero attached hydrogens (tertiary/aromatic N) is 2. The lowest BCUT2D eigenvalue weighted by Gasteiger charge is -2.31. The van der Waals surface area contributed by atoms with Crippen LogP contribution in [0.25, 0.3) is 0 Å². The van der Waals surface area contributed by atoms with Crippen LogP contribution in [-0.2, 0) is 21.4 Å². The molecule has 7 heteroatoms. The van der Waals surface area contributed by atoms with Crippen LogP contribution in [0.4, 0.5) is 0 Å². The van der Waals surface area contributed by atoms with Crippen molar-refractivity contribution in [2.45, 2.75) is 19.4 Å². The maximum atomic E-state index is 12.3. The van der Waals surface area contributed by atoms with Crippen molar-refractivity contribution in [3.63, 3.8) is 0 Å². The average Bonchev–Trinajstić information content (AvgIpc) is 2.90. The van der Waals surface area contributed by atoms with Crippen molar-refractivity contribution in [3.8, 4) is 0 Å². The highest BCUT2D eigenvalue weighted by molar-refractivity contribution is 7.88. The van der Waals surface area contributed by atoms with Gasteiger partial charge in [0.05, 0.1) is 6.26 Å². The molecule has 0 N–H and O–H groups in total. The third kappa shape index (κ3) is 3.80. The Hall–Kier alpha value is -0.920. The van der Waals surface area contributed by atoms with E-state index in [4.69, 9.17) is 0 Å². The van der Waals surface area contributed by atoms with Gasteiger partial charge in [0.25, 0.3) is 0 Å². The Labute approximate surface area is 124 Å². The molecule has 1 aromatic heterocycles. The Morgan fingerprint density at radius 1 is 1.45 bits per heavy atom. The third-order valence-electron chi connectivity index (χ3n) is 3.65. The van der Waals surface area contributed by atoms with Crippen LogP contribution in [0.15, 0.2) is 16.8 Å². The Balaban J connectivity index is 1.88. The van der Waals surface area contributed by atoms with Gasteiger partial charge in [-0.05, 0) is 35.2 Å². The SMILES string of the molecule is CN(Cc1ccsc1)C(=O)C1CCN(S(C)(=O)=O)CC1. The van der Waals surface area contributed by atoms with Crippen LogP contribution in [0.2, 0.25) is 0 Å². The minimum Gasteiger partial charge on any atom is -0.341 e. The highest BCUT2D eigenvalue weighted by Crippen LogP contribution is 2.21. The van der Waals surface area contributed by atoms with Crippen molar-refractivity contribution in [1.29, 1.82) is 0 Å². The molecule has 0 aliphatic carbocycles. The molecule has 0 bridgehead atoms. The molecule has 1 saturated heterocycles. The second kappa shape index (κ2) is 6.24. The third-order valence-corrected chi connectivity index (χ3v) is 5.68. The minimum absolute atomic E-state index is 0.0587. The van der Waals surface area contributed by atoms with Crippen molar-refractivity contribution in [2.75, 3.05) is 26.4 Å². The summed E-state index contributed by atoms with van der Waals surface area (Å²) in [6, 6.07) is 2.01. The molecule has 1 aliphatic heterocycles. The lowest BCUT2D eigenvalue weighted by molar-refractivity contribution is -0.135. The molecule has 2 rings (SSSR count). The van der Waals surface area contributed by atoms with E-state index in [1.165, 1.54) is 10.6 Å². The first-order valence-electron chi connectivity index (χ1n) is 6.59. The van der Waals surface area contributed by atoms with E-state index in [1.54, 1.807) is 16.2 Å². The molecule has 112 valence electrons. The summed E-state index contributed by atoms with van der Waals surface area (Å²) in [5, 5.41) is 4.04. The van der Waals surface area contributed by atoms with E-state index in [0.29, 0.717) is 32.5 Å². The molecule has 0 radical (unpaired) electrons. The number of thiophene rings is 1. The summed E-state index contributed by atoms with van der Waals surface area (Å²) in [4.78, 5) is 14.1. The lowest BCUT2D eigenvalue weighted by Crippen LogP contribution is -2.42. The largest absolute Gasteiger partial charge is 0.341 e. The summed E-state index contributed by atoms with van der Waals surface area (Å²) in [5.74, 6) is 0.0565. The predicted molar refractivity (Wildman–Crippen MR) is 79.9 cm³/mol. The molecule has 0 aromatic carbocycles. The van der Waals surface area contributed by atoms with Gasteiger partial charge >= 0.3 is 0 Å². The Morgan fingerprint density at radius 2 is 2.10 bits per heavy atom. The fourth-order valence-corrected chi connectivity index (χ4v) is 4.01. The summed E-state index contributed by atoms with van der Waals surface area (Å²) in [6.07, 6.45) is 2.44. The Kier molecular flexibility index (Phi) is 4.82. The first-order chi connectivity index (χ1) is 9.38. The predicted octanol–water partition coefficient (Wildman–Crippen LogP) is 1.38. The van der Waals surface area contributed by atoms with E-state index in [1.807, 2.05) is 23.9 Å². The van der Waals surface area contributed by atoms with Crippen LogP contribution < -0.4 is 0 Å². The van der Waals surface area contributed by atoms with Gasteiger partial charge in [-0.15, -0.1) is 0 Å². The number of sulfonamides is 1. The lowest BCUT2D eigenvalue weighted by atomic mass is 9.96. The van der Waals surface area contributed by atoms with Crippen LogP contribution in [0.1, 0.15) is 18.4 Å². The van der Waals surface area contributed by atoms with Crippen LogP contribution >= 0.6 is 11.3 Å². The van der Waals surface area contributed by atoms with Gasteiger partial charge in [0.15, 0.2) is 0 Å². The molecule has 20 heavy (non-hydrogen) atoms. The molecule has 5 nitrogen and oxygen atoms in total. The van der Waals surface area contributed by atoms with E-state index in [0.717, 1.165) is 5.56 Å². The number of amides is 1. The summed E-state index contributed by atoms with van der Waals surface area (Å²) in [7, 11) is -1.32. The average molecular weight is 316 g/mol. The first kappa shape index (κ1) is 15.5. The first-order valence-corrected chi connectivity index (χ1v) is 9.38. The van der Waals surface area contributed by atoms with Crippen molar-refractivity contribution in [2.24, 2.45) is 5.92 Å². The summed E-state index contributed by atoms with van der Waals surface area (Å²) in [6.45, 7) is 1.51. The molecule has 1 amide bonds. The van der Waals surface area contributed by atoms with E-state index in [9.17, 15) is 13.2 Å². The molecule has 1 aliphatic rings. The second-order valence-corrected chi connectivity index (χ2v) is 8.02. The maximum Gasteiger partial charge on any atom is 0.225 e. The van der Waals surface area contributed by atoms with E-state index in [2.05, 4.69) is 0 Å². The number of hydrogen-bond acceptors (Lipinski definition) is 4. The summed E-state index contributed by atoms with van der Waals surface area (Å²) in [5.41, 5.74) is 1.14. The topological polar surface area (TPSA) is 57.7 Å². The van der Waals surface area contributed by atoms with Crippen LogP contribution in [0.5, 0.6) is 0 Å². The van der Waals surface area contributed by atoms with Crippen molar-refractivity contribution in [3.05, 3.63) is 22.4 Å². The van der Waals surface area contributed by atoms with Crippen molar-refractivity contribution < 1.29 is 13.2 Å². The molecule has 0 unspecified atom stereocenters. The highest BCUT2D eigenvalue weighted by Gasteiger charge is 2.30. The smallest absolute Gasteiger partial charge is 0.225 e.